The van der Waals surface area contributed by atoms with E-state index in [4.69, 9.17) is 11.6 Å². The molecule has 1 amide bonds. The van der Waals surface area contributed by atoms with Gasteiger partial charge in [-0.1, -0.05) is 30.7 Å². The Bertz CT molecular complexity index is 387. The average molecular weight is 301 g/mol. The molecule has 0 aliphatic heterocycles. The SMILES string of the molecule is CCCNCCNC(=O)CCSc1ccccc1Cl. The van der Waals surface area contributed by atoms with Gasteiger partial charge >= 0.3 is 0 Å². The fourth-order valence-corrected chi connectivity index (χ4v) is 2.68. The van der Waals surface area contributed by atoms with Crippen LogP contribution in [0.1, 0.15) is 19.8 Å². The molecule has 106 valence electrons. The lowest BCUT2D eigenvalue weighted by Crippen LogP contribution is -2.32. The Kier molecular flexibility index (Phi) is 8.71. The molecular formula is C14H21ClN2OS. The Morgan fingerprint density at radius 3 is 2.79 bits per heavy atom. The summed E-state index contributed by atoms with van der Waals surface area (Å²) in [5, 5.41) is 6.88. The quantitative estimate of drug-likeness (QED) is 0.544. The summed E-state index contributed by atoms with van der Waals surface area (Å²) in [5.74, 6) is 0.843. The maximum absolute atomic E-state index is 11.6. The first kappa shape index (κ1) is 16.3. The number of benzene rings is 1. The Morgan fingerprint density at radius 2 is 2.05 bits per heavy atom. The van der Waals surface area contributed by atoms with E-state index >= 15 is 0 Å². The molecule has 5 heteroatoms. The van der Waals surface area contributed by atoms with E-state index in [1.807, 2.05) is 24.3 Å². The Hall–Kier alpha value is -0.710. The summed E-state index contributed by atoms with van der Waals surface area (Å²) >= 11 is 7.66. The molecular weight excluding hydrogens is 280 g/mol. The number of rotatable bonds is 9. The first-order valence-corrected chi connectivity index (χ1v) is 7.95. The van der Waals surface area contributed by atoms with Crippen molar-refractivity contribution in [3.8, 4) is 0 Å². The molecule has 0 heterocycles. The summed E-state index contributed by atoms with van der Waals surface area (Å²) in [6, 6.07) is 7.69. The van der Waals surface area contributed by atoms with Crippen molar-refractivity contribution in [3.05, 3.63) is 29.3 Å². The first-order valence-electron chi connectivity index (χ1n) is 6.58. The van der Waals surface area contributed by atoms with Crippen molar-refractivity contribution in [1.82, 2.24) is 10.6 Å². The van der Waals surface area contributed by atoms with Gasteiger partial charge in [0.2, 0.25) is 5.91 Å². The van der Waals surface area contributed by atoms with Gasteiger partial charge in [0.25, 0.3) is 0 Å². The molecule has 0 bridgehead atoms. The van der Waals surface area contributed by atoms with Gasteiger partial charge in [0, 0.05) is 30.2 Å². The average Bonchev–Trinajstić information content (AvgIpc) is 2.41. The van der Waals surface area contributed by atoms with Crippen molar-refractivity contribution in [3.63, 3.8) is 0 Å². The molecule has 1 aromatic carbocycles. The second-order valence-corrected chi connectivity index (χ2v) is 5.67. The summed E-state index contributed by atoms with van der Waals surface area (Å²) in [6.45, 7) is 4.64. The minimum Gasteiger partial charge on any atom is -0.355 e. The fraction of sp³-hybridized carbons (Fsp3) is 0.500. The third-order valence-electron chi connectivity index (χ3n) is 2.47. The number of thioether (sulfide) groups is 1. The number of hydrogen-bond acceptors (Lipinski definition) is 3. The van der Waals surface area contributed by atoms with E-state index in [1.165, 1.54) is 0 Å². The molecule has 0 saturated heterocycles. The molecule has 0 atom stereocenters. The Morgan fingerprint density at radius 1 is 1.26 bits per heavy atom. The van der Waals surface area contributed by atoms with E-state index in [9.17, 15) is 4.79 Å². The lowest BCUT2D eigenvalue weighted by molar-refractivity contribution is -0.120. The normalized spacial score (nSPS) is 10.4. The van der Waals surface area contributed by atoms with Crippen LogP contribution in [-0.2, 0) is 4.79 Å². The lowest BCUT2D eigenvalue weighted by atomic mass is 10.4. The molecule has 3 nitrogen and oxygen atoms in total. The zero-order valence-electron chi connectivity index (χ0n) is 11.2. The molecule has 19 heavy (non-hydrogen) atoms. The van der Waals surface area contributed by atoms with Gasteiger partial charge in [-0.2, -0.15) is 0 Å². The van der Waals surface area contributed by atoms with E-state index in [0.717, 1.165) is 35.2 Å². The zero-order chi connectivity index (χ0) is 13.9. The molecule has 0 aliphatic rings. The molecule has 0 unspecified atom stereocenters. The molecule has 1 aromatic rings. The summed E-state index contributed by atoms with van der Waals surface area (Å²) < 4.78 is 0. The second kappa shape index (κ2) is 10.1. The van der Waals surface area contributed by atoms with Gasteiger partial charge in [-0.15, -0.1) is 11.8 Å². The van der Waals surface area contributed by atoms with Crippen LogP contribution in [0.25, 0.3) is 0 Å². The van der Waals surface area contributed by atoms with Crippen molar-refractivity contribution in [2.75, 3.05) is 25.4 Å². The van der Waals surface area contributed by atoms with Crippen LogP contribution in [0, 0.1) is 0 Å². The highest BCUT2D eigenvalue weighted by Gasteiger charge is 2.03. The molecule has 2 N–H and O–H groups in total. The smallest absolute Gasteiger partial charge is 0.220 e. The number of hydrogen-bond donors (Lipinski definition) is 2. The minimum atomic E-state index is 0.0952. The van der Waals surface area contributed by atoms with E-state index < -0.39 is 0 Å². The molecule has 0 fully saturated rings. The van der Waals surface area contributed by atoms with Gasteiger partial charge in [0.15, 0.2) is 0 Å². The molecule has 0 aliphatic carbocycles. The van der Waals surface area contributed by atoms with Crippen molar-refractivity contribution in [1.29, 1.82) is 0 Å². The third kappa shape index (κ3) is 7.45. The van der Waals surface area contributed by atoms with Crippen molar-refractivity contribution in [2.45, 2.75) is 24.7 Å². The van der Waals surface area contributed by atoms with Gasteiger partial charge in [-0.05, 0) is 25.1 Å². The lowest BCUT2D eigenvalue weighted by Gasteiger charge is -2.06. The first-order chi connectivity index (χ1) is 9.24. The summed E-state index contributed by atoms with van der Waals surface area (Å²) in [4.78, 5) is 12.6. The molecule has 0 aromatic heterocycles. The molecule has 1 rings (SSSR count). The second-order valence-electron chi connectivity index (χ2n) is 4.13. The largest absolute Gasteiger partial charge is 0.355 e. The number of carbonyl (C=O) groups is 1. The number of amides is 1. The van der Waals surface area contributed by atoms with Crippen LogP contribution in [0.3, 0.4) is 0 Å². The van der Waals surface area contributed by atoms with Crippen LogP contribution in [0.2, 0.25) is 5.02 Å². The van der Waals surface area contributed by atoms with Crippen LogP contribution >= 0.6 is 23.4 Å². The van der Waals surface area contributed by atoms with Crippen LogP contribution in [0.5, 0.6) is 0 Å². The highest BCUT2D eigenvalue weighted by Crippen LogP contribution is 2.26. The van der Waals surface area contributed by atoms with Crippen molar-refractivity contribution >= 4 is 29.3 Å². The van der Waals surface area contributed by atoms with E-state index in [0.29, 0.717) is 13.0 Å². The number of carbonyl (C=O) groups excluding carboxylic acids is 1. The predicted octanol–water partition coefficient (Wildman–Crippen LogP) is 2.94. The highest BCUT2D eigenvalue weighted by molar-refractivity contribution is 7.99. The van der Waals surface area contributed by atoms with E-state index in [1.54, 1.807) is 11.8 Å². The van der Waals surface area contributed by atoms with Crippen LogP contribution in [-0.4, -0.2) is 31.3 Å². The van der Waals surface area contributed by atoms with Crippen LogP contribution in [0.15, 0.2) is 29.2 Å². The molecule has 0 saturated carbocycles. The number of halogens is 1. The minimum absolute atomic E-state index is 0.0952. The summed E-state index contributed by atoms with van der Waals surface area (Å²) in [5.41, 5.74) is 0. The topological polar surface area (TPSA) is 41.1 Å². The van der Waals surface area contributed by atoms with Gasteiger partial charge in [0.05, 0.1) is 5.02 Å². The summed E-state index contributed by atoms with van der Waals surface area (Å²) in [6.07, 6.45) is 1.63. The zero-order valence-corrected chi connectivity index (χ0v) is 12.8. The maximum Gasteiger partial charge on any atom is 0.220 e. The standard InChI is InChI=1S/C14H21ClN2OS/c1-2-8-16-9-10-17-14(18)7-11-19-13-6-4-3-5-12(13)15/h3-6,16H,2,7-11H2,1H3,(H,17,18). The van der Waals surface area contributed by atoms with Crippen molar-refractivity contribution in [2.24, 2.45) is 0 Å². The Labute approximate surface area is 124 Å². The van der Waals surface area contributed by atoms with Gasteiger partial charge in [-0.25, -0.2) is 0 Å². The fourth-order valence-electron chi connectivity index (χ4n) is 1.50. The predicted molar refractivity (Wildman–Crippen MR) is 83.0 cm³/mol. The summed E-state index contributed by atoms with van der Waals surface area (Å²) in [7, 11) is 0. The van der Waals surface area contributed by atoms with Gasteiger partial charge in [0.1, 0.15) is 0 Å². The highest BCUT2D eigenvalue weighted by atomic mass is 35.5. The molecule has 0 radical (unpaired) electrons. The number of nitrogens with one attached hydrogen (secondary N) is 2. The van der Waals surface area contributed by atoms with Crippen LogP contribution in [0.4, 0.5) is 0 Å². The van der Waals surface area contributed by atoms with Crippen LogP contribution < -0.4 is 10.6 Å². The molecule has 0 spiro atoms. The van der Waals surface area contributed by atoms with Gasteiger partial charge in [-0.3, -0.25) is 4.79 Å². The Balaban J connectivity index is 2.09. The van der Waals surface area contributed by atoms with Gasteiger partial charge < -0.3 is 10.6 Å². The maximum atomic E-state index is 11.6. The van der Waals surface area contributed by atoms with Crippen molar-refractivity contribution < 1.29 is 4.79 Å². The monoisotopic (exact) mass is 300 g/mol. The third-order valence-corrected chi connectivity index (χ3v) is 3.99. The van der Waals surface area contributed by atoms with E-state index in [-0.39, 0.29) is 5.91 Å². The van der Waals surface area contributed by atoms with E-state index in [2.05, 4.69) is 17.6 Å².